The zero-order valence-electron chi connectivity index (χ0n) is 35.3. The number of unbranched alkanes of at least 4 members (excludes halogenated alkanes) is 19. The van der Waals surface area contributed by atoms with Crippen LogP contribution in [0.2, 0.25) is 0 Å². The van der Waals surface area contributed by atoms with Crippen LogP contribution in [-0.2, 0) is 32.7 Å². The Morgan fingerprint density at radius 2 is 0.929 bits per heavy atom. The second-order valence-corrected chi connectivity index (χ2v) is 16.2. The number of phosphoric ester groups is 1. The number of esters is 2. The topological polar surface area (TPSA) is 149 Å². The van der Waals surface area contributed by atoms with E-state index in [1.54, 1.807) is 0 Å². The average molecular weight is 813 g/mol. The summed E-state index contributed by atoms with van der Waals surface area (Å²) in [5, 5.41) is 18.3. The summed E-state index contributed by atoms with van der Waals surface area (Å²) in [6.45, 7) is 2.32. The Hall–Kier alpha value is -2.07. The number of carbonyl (C=O) groups excluding carboxylic acids is 2. The highest BCUT2D eigenvalue weighted by molar-refractivity contribution is 7.47. The van der Waals surface area contributed by atoms with E-state index in [9.17, 15) is 24.2 Å². The number of ether oxygens (including phenoxy) is 2. The van der Waals surface area contributed by atoms with Gasteiger partial charge in [0.25, 0.3) is 0 Å². The maximum Gasteiger partial charge on any atom is 0.472 e. The van der Waals surface area contributed by atoms with Crippen LogP contribution in [0.3, 0.4) is 0 Å². The number of hydrogen-bond donors (Lipinski definition) is 3. The summed E-state index contributed by atoms with van der Waals surface area (Å²) in [7, 11) is -4.62. The summed E-state index contributed by atoms with van der Waals surface area (Å²) < 4.78 is 32.7. The molecule has 0 saturated carbocycles. The van der Waals surface area contributed by atoms with Crippen LogP contribution in [0.4, 0.5) is 0 Å². The van der Waals surface area contributed by atoms with Crippen LogP contribution in [0, 0.1) is 0 Å². The number of aliphatic hydroxyl groups excluding tert-OH is 2. The molecule has 326 valence electrons. The normalized spacial score (nSPS) is 14.3. The zero-order valence-corrected chi connectivity index (χ0v) is 36.2. The van der Waals surface area contributed by atoms with Crippen molar-refractivity contribution in [2.75, 3.05) is 26.4 Å². The molecule has 11 heteroatoms. The largest absolute Gasteiger partial charge is 0.472 e. The average Bonchev–Trinajstić information content (AvgIpc) is 3.19. The van der Waals surface area contributed by atoms with E-state index in [0.717, 1.165) is 89.9 Å². The molecule has 0 aromatic heterocycles. The van der Waals surface area contributed by atoms with Gasteiger partial charge in [-0.2, -0.15) is 0 Å². The summed E-state index contributed by atoms with van der Waals surface area (Å²) in [5.74, 6) is -0.950. The van der Waals surface area contributed by atoms with Crippen LogP contribution in [0.5, 0.6) is 0 Å². The minimum atomic E-state index is -4.62. The van der Waals surface area contributed by atoms with Crippen molar-refractivity contribution in [3.63, 3.8) is 0 Å². The van der Waals surface area contributed by atoms with E-state index < -0.39 is 51.8 Å². The zero-order chi connectivity index (χ0) is 41.2. The highest BCUT2D eigenvalue weighted by atomic mass is 31.2. The molecule has 0 aliphatic heterocycles. The minimum absolute atomic E-state index is 0.167. The van der Waals surface area contributed by atoms with Gasteiger partial charge in [-0.1, -0.05) is 146 Å². The fourth-order valence-electron chi connectivity index (χ4n) is 5.76. The summed E-state index contributed by atoms with van der Waals surface area (Å²) >= 11 is 0. The smallest absolute Gasteiger partial charge is 0.462 e. The number of aliphatic hydroxyl groups is 2. The van der Waals surface area contributed by atoms with Crippen LogP contribution < -0.4 is 0 Å². The van der Waals surface area contributed by atoms with E-state index >= 15 is 0 Å². The molecule has 0 spiro atoms. The summed E-state index contributed by atoms with van der Waals surface area (Å²) in [4.78, 5) is 35.0. The van der Waals surface area contributed by atoms with Crippen molar-refractivity contribution in [1.29, 1.82) is 0 Å². The van der Waals surface area contributed by atoms with Gasteiger partial charge < -0.3 is 24.6 Å². The second-order valence-electron chi connectivity index (χ2n) is 14.7. The van der Waals surface area contributed by atoms with Crippen molar-refractivity contribution in [3.05, 3.63) is 48.6 Å². The van der Waals surface area contributed by atoms with E-state index in [4.69, 9.17) is 19.1 Å². The van der Waals surface area contributed by atoms with Gasteiger partial charge in [0.15, 0.2) is 6.10 Å². The first-order chi connectivity index (χ1) is 27.2. The van der Waals surface area contributed by atoms with Crippen molar-refractivity contribution in [2.45, 2.75) is 199 Å². The number of hydrogen-bond acceptors (Lipinski definition) is 9. The molecule has 0 fully saturated rings. The molecule has 0 radical (unpaired) electrons. The first kappa shape index (κ1) is 53.9. The highest BCUT2D eigenvalue weighted by Crippen LogP contribution is 2.43. The van der Waals surface area contributed by atoms with Crippen LogP contribution >= 0.6 is 7.82 Å². The maximum absolute atomic E-state index is 12.6. The quantitative estimate of drug-likeness (QED) is 0.0236. The van der Waals surface area contributed by atoms with Crippen molar-refractivity contribution in [1.82, 2.24) is 0 Å². The molecule has 0 saturated heterocycles. The van der Waals surface area contributed by atoms with E-state index in [-0.39, 0.29) is 19.4 Å². The lowest BCUT2D eigenvalue weighted by Gasteiger charge is -2.20. The number of phosphoric acid groups is 1. The Labute approximate surface area is 341 Å². The molecule has 0 aliphatic rings. The maximum atomic E-state index is 12.6. The number of allylic oxidation sites excluding steroid dienone is 8. The van der Waals surface area contributed by atoms with Crippen molar-refractivity contribution in [3.8, 4) is 0 Å². The molecule has 10 nitrogen and oxygen atoms in total. The van der Waals surface area contributed by atoms with Crippen LogP contribution in [0.25, 0.3) is 0 Å². The van der Waals surface area contributed by atoms with Gasteiger partial charge in [0.2, 0.25) is 0 Å². The first-order valence-electron chi connectivity index (χ1n) is 22.1. The fourth-order valence-corrected chi connectivity index (χ4v) is 6.55. The van der Waals surface area contributed by atoms with Gasteiger partial charge in [0.05, 0.1) is 19.8 Å². The van der Waals surface area contributed by atoms with Crippen LogP contribution in [0.1, 0.15) is 187 Å². The van der Waals surface area contributed by atoms with Gasteiger partial charge in [-0.25, -0.2) is 4.57 Å². The van der Waals surface area contributed by atoms with Gasteiger partial charge in [-0.05, 0) is 77.0 Å². The Morgan fingerprint density at radius 1 is 0.536 bits per heavy atom. The Balaban J connectivity index is 4.32. The fraction of sp³-hybridized carbons (Fsp3) is 0.778. The van der Waals surface area contributed by atoms with E-state index in [1.165, 1.54) is 57.8 Å². The third-order valence-corrected chi connectivity index (χ3v) is 10.2. The van der Waals surface area contributed by atoms with Crippen molar-refractivity contribution in [2.24, 2.45) is 0 Å². The van der Waals surface area contributed by atoms with Crippen LogP contribution in [0.15, 0.2) is 48.6 Å². The monoisotopic (exact) mass is 813 g/mol. The van der Waals surface area contributed by atoms with Gasteiger partial charge in [-0.3, -0.25) is 18.6 Å². The predicted molar refractivity (Wildman–Crippen MR) is 228 cm³/mol. The summed E-state index contributed by atoms with van der Waals surface area (Å²) in [6, 6.07) is 0. The first-order valence-corrected chi connectivity index (χ1v) is 23.6. The summed E-state index contributed by atoms with van der Waals surface area (Å²) in [5.41, 5.74) is 0. The van der Waals surface area contributed by atoms with Gasteiger partial charge in [0, 0.05) is 12.8 Å². The third kappa shape index (κ3) is 40.1. The molecular formula is C45H81O10P. The highest BCUT2D eigenvalue weighted by Gasteiger charge is 2.27. The lowest BCUT2D eigenvalue weighted by atomic mass is 10.1. The molecule has 3 N–H and O–H groups in total. The molecule has 0 amide bonds. The Bertz CT molecular complexity index is 1070. The van der Waals surface area contributed by atoms with Gasteiger partial charge in [0.1, 0.15) is 12.7 Å². The predicted octanol–water partition coefficient (Wildman–Crippen LogP) is 11.7. The molecule has 0 aromatic carbocycles. The van der Waals surface area contributed by atoms with Gasteiger partial charge >= 0.3 is 19.8 Å². The molecule has 3 atom stereocenters. The molecule has 0 aliphatic carbocycles. The molecule has 0 heterocycles. The van der Waals surface area contributed by atoms with Crippen LogP contribution in [-0.4, -0.2) is 65.7 Å². The van der Waals surface area contributed by atoms with E-state index in [1.807, 2.05) is 0 Å². The minimum Gasteiger partial charge on any atom is -0.462 e. The molecule has 0 aromatic rings. The summed E-state index contributed by atoms with van der Waals surface area (Å²) in [6.07, 6.45) is 43.5. The molecule has 3 unspecified atom stereocenters. The third-order valence-electron chi connectivity index (χ3n) is 9.21. The Morgan fingerprint density at radius 3 is 1.45 bits per heavy atom. The SMILES string of the molecule is CCCCC/C=C\C/C=C\C/C=C\CCCCCCCCC(=O)OC(COC(=O)CCCCCCC/C=C\CCCCCCC)COP(=O)(O)OCC(O)CO. The van der Waals surface area contributed by atoms with E-state index in [2.05, 4.69) is 67.0 Å². The standard InChI is InChI=1S/C45H81O10P/c1-3-5-7-9-11-13-15-17-19-20-21-22-23-25-27-29-31-33-35-37-45(49)55-43(41-54-56(50,51)53-39-42(47)38-46)40-52-44(48)36-34-32-30-28-26-24-18-16-14-12-10-8-6-4-2/h11,13,16-19,21-22,42-43,46-47H,3-10,12,14-15,20,23-41H2,1-2H3,(H,50,51)/b13-11-,18-16-,19-17-,22-21-. The number of rotatable bonds is 41. The lowest BCUT2D eigenvalue weighted by Crippen LogP contribution is -2.29. The van der Waals surface area contributed by atoms with Crippen molar-refractivity contribution >= 4 is 19.8 Å². The van der Waals surface area contributed by atoms with Gasteiger partial charge in [-0.15, -0.1) is 0 Å². The molecule has 0 bridgehead atoms. The lowest BCUT2D eigenvalue weighted by molar-refractivity contribution is -0.161. The molecule has 0 rings (SSSR count). The molecular weight excluding hydrogens is 731 g/mol. The Kier molecular flexibility index (Phi) is 39.6. The molecule has 56 heavy (non-hydrogen) atoms. The number of carbonyl (C=O) groups is 2. The second kappa shape index (κ2) is 41.1. The van der Waals surface area contributed by atoms with E-state index in [0.29, 0.717) is 12.8 Å². The van der Waals surface area contributed by atoms with Crippen molar-refractivity contribution < 1.29 is 47.8 Å².